The number of benzene rings is 1. The number of halogens is 1. The van der Waals surface area contributed by atoms with E-state index in [1.54, 1.807) is 0 Å². The highest BCUT2D eigenvalue weighted by molar-refractivity contribution is 6.30. The lowest BCUT2D eigenvalue weighted by Gasteiger charge is -2.13. The molecule has 1 aliphatic rings. The predicted octanol–water partition coefficient (Wildman–Crippen LogP) is 4.10. The van der Waals surface area contributed by atoms with Crippen molar-refractivity contribution in [2.75, 3.05) is 26.2 Å². The molecular weight excluding hydrogens is 246 g/mol. The van der Waals surface area contributed by atoms with Crippen LogP contribution in [0.25, 0.3) is 0 Å². The van der Waals surface area contributed by atoms with Crippen molar-refractivity contribution in [3.8, 4) is 5.75 Å². The van der Waals surface area contributed by atoms with Crippen LogP contribution in [0, 0.1) is 0 Å². The number of nitrogens with zero attached hydrogens (tertiary/aromatic N) is 1. The van der Waals surface area contributed by atoms with E-state index in [-0.39, 0.29) is 1.43 Å². The first-order valence-electron chi connectivity index (χ1n) is 6.95. The fourth-order valence-corrected chi connectivity index (χ4v) is 2.55. The molecule has 0 aliphatic carbocycles. The van der Waals surface area contributed by atoms with Gasteiger partial charge in [-0.3, -0.25) is 0 Å². The van der Waals surface area contributed by atoms with Crippen LogP contribution in [-0.2, 0) is 0 Å². The zero-order chi connectivity index (χ0) is 12.6. The molecule has 18 heavy (non-hydrogen) atoms. The van der Waals surface area contributed by atoms with Crippen LogP contribution in [0.15, 0.2) is 24.3 Å². The minimum absolute atomic E-state index is 0. The van der Waals surface area contributed by atoms with Crippen LogP contribution in [0.5, 0.6) is 5.75 Å². The largest absolute Gasteiger partial charge is 1.00 e. The number of hydrogen-bond donors (Lipinski definition) is 0. The highest BCUT2D eigenvalue weighted by Crippen LogP contribution is 2.17. The molecule has 3 heteroatoms. The van der Waals surface area contributed by atoms with Crippen LogP contribution >= 0.6 is 11.6 Å². The molecule has 0 amide bonds. The summed E-state index contributed by atoms with van der Waals surface area (Å²) < 4.78 is 5.66. The van der Waals surface area contributed by atoms with Crippen LogP contribution in [-0.4, -0.2) is 31.1 Å². The minimum Gasteiger partial charge on any atom is -0.494 e. The lowest BCUT2D eigenvalue weighted by Crippen LogP contribution is -2.20. The molecule has 1 saturated heterocycles. The third-order valence-corrected chi connectivity index (χ3v) is 3.62. The number of ether oxygens (including phenoxy) is 1. The lowest BCUT2D eigenvalue weighted by atomic mass is 10.2. The summed E-state index contributed by atoms with van der Waals surface area (Å²) in [4.78, 5) is 2.57. The molecule has 0 atom stereocenters. The van der Waals surface area contributed by atoms with Crippen molar-refractivity contribution in [2.45, 2.75) is 32.1 Å². The molecule has 0 N–H and O–H groups in total. The molecular formula is C15H23ClNO+. The van der Waals surface area contributed by atoms with Gasteiger partial charge in [-0.15, -0.1) is 0 Å². The van der Waals surface area contributed by atoms with Crippen molar-refractivity contribution in [3.05, 3.63) is 29.3 Å². The summed E-state index contributed by atoms with van der Waals surface area (Å²) in [6.07, 6.45) is 6.44. The zero-order valence-electron chi connectivity index (χ0n) is 11.9. The van der Waals surface area contributed by atoms with E-state index < -0.39 is 0 Å². The van der Waals surface area contributed by atoms with Crippen LogP contribution < -0.4 is 4.74 Å². The van der Waals surface area contributed by atoms with Gasteiger partial charge in [-0.2, -0.15) is 0 Å². The van der Waals surface area contributed by atoms with Gasteiger partial charge in [-0.1, -0.05) is 17.7 Å². The van der Waals surface area contributed by atoms with Gasteiger partial charge in [0.1, 0.15) is 5.75 Å². The average Bonchev–Trinajstić information content (AvgIpc) is 2.87. The Bertz CT molecular complexity index is 356. The second-order valence-electron chi connectivity index (χ2n) is 4.92. The van der Waals surface area contributed by atoms with Gasteiger partial charge in [-0.25, -0.2) is 0 Å². The molecule has 0 spiro atoms. The van der Waals surface area contributed by atoms with Crippen LogP contribution in [0.3, 0.4) is 0 Å². The maximum Gasteiger partial charge on any atom is 1.00 e. The van der Waals surface area contributed by atoms with Crippen LogP contribution in [0.2, 0.25) is 5.02 Å². The van der Waals surface area contributed by atoms with Crippen molar-refractivity contribution in [1.29, 1.82) is 0 Å². The van der Waals surface area contributed by atoms with Gasteiger partial charge < -0.3 is 9.64 Å². The SMILES string of the molecule is Clc1cccc(OCCCCCN2CCCC2)c1.[H+]. The monoisotopic (exact) mass is 268 g/mol. The maximum absolute atomic E-state index is 5.89. The van der Waals surface area contributed by atoms with E-state index in [0.717, 1.165) is 23.8 Å². The Kier molecular flexibility index (Phi) is 5.82. The summed E-state index contributed by atoms with van der Waals surface area (Å²) in [6.45, 7) is 4.66. The van der Waals surface area contributed by atoms with E-state index in [4.69, 9.17) is 16.3 Å². The van der Waals surface area contributed by atoms with Crippen LogP contribution in [0.4, 0.5) is 0 Å². The molecule has 0 bridgehead atoms. The van der Waals surface area contributed by atoms with E-state index in [2.05, 4.69) is 4.90 Å². The van der Waals surface area contributed by atoms with Crippen LogP contribution in [0.1, 0.15) is 33.5 Å². The van der Waals surface area contributed by atoms with E-state index >= 15 is 0 Å². The van der Waals surface area contributed by atoms with Crippen molar-refractivity contribution in [2.24, 2.45) is 0 Å². The second kappa shape index (κ2) is 7.65. The standard InChI is InChI=1S/C15H22ClNO/c16-14-7-6-8-15(13-14)18-12-5-1-2-9-17-10-3-4-11-17/h6-8,13H,1-5,9-12H2/p+1. The molecule has 0 aromatic heterocycles. The van der Waals surface area contributed by atoms with Crippen molar-refractivity contribution in [3.63, 3.8) is 0 Å². The van der Waals surface area contributed by atoms with Gasteiger partial charge in [0, 0.05) is 5.02 Å². The molecule has 1 heterocycles. The van der Waals surface area contributed by atoms with Gasteiger partial charge in [0.05, 0.1) is 6.61 Å². The minimum atomic E-state index is 0. The summed E-state index contributed by atoms with van der Waals surface area (Å²) in [6, 6.07) is 7.61. The molecule has 1 fully saturated rings. The molecule has 0 radical (unpaired) electrons. The van der Waals surface area contributed by atoms with Crippen molar-refractivity contribution >= 4 is 11.6 Å². The van der Waals surface area contributed by atoms with Gasteiger partial charge in [0.25, 0.3) is 0 Å². The van der Waals surface area contributed by atoms with Crippen molar-refractivity contribution in [1.82, 2.24) is 4.90 Å². The fourth-order valence-electron chi connectivity index (χ4n) is 2.37. The summed E-state index contributed by atoms with van der Waals surface area (Å²) in [5.74, 6) is 0.877. The molecule has 1 aliphatic heterocycles. The highest BCUT2D eigenvalue weighted by Gasteiger charge is 2.09. The Morgan fingerprint density at radius 3 is 2.78 bits per heavy atom. The molecule has 2 rings (SSSR count). The first kappa shape index (κ1) is 13.7. The molecule has 100 valence electrons. The second-order valence-corrected chi connectivity index (χ2v) is 5.35. The number of rotatable bonds is 7. The van der Waals surface area contributed by atoms with E-state index in [9.17, 15) is 0 Å². The summed E-state index contributed by atoms with van der Waals surface area (Å²) >= 11 is 5.89. The summed E-state index contributed by atoms with van der Waals surface area (Å²) in [7, 11) is 0. The Morgan fingerprint density at radius 2 is 2.00 bits per heavy atom. The fraction of sp³-hybridized carbons (Fsp3) is 0.600. The Balaban J connectivity index is 0.00000180. The first-order chi connectivity index (χ1) is 8.84. The summed E-state index contributed by atoms with van der Waals surface area (Å²) in [5.41, 5.74) is 0. The quantitative estimate of drug-likeness (QED) is 0.691. The normalized spacial score (nSPS) is 16.1. The molecule has 2 nitrogen and oxygen atoms in total. The lowest BCUT2D eigenvalue weighted by molar-refractivity contribution is 0.290. The number of hydrogen-bond acceptors (Lipinski definition) is 2. The van der Waals surface area contributed by atoms with E-state index in [0.29, 0.717) is 0 Å². The molecule has 1 aromatic carbocycles. The van der Waals surface area contributed by atoms with E-state index in [1.165, 1.54) is 45.3 Å². The predicted molar refractivity (Wildman–Crippen MR) is 77.6 cm³/mol. The molecule has 0 saturated carbocycles. The Morgan fingerprint density at radius 1 is 1.17 bits per heavy atom. The Hall–Kier alpha value is -0.730. The number of unbranched alkanes of at least 4 members (excludes halogenated alkanes) is 2. The molecule has 0 unspecified atom stereocenters. The van der Waals surface area contributed by atoms with Gasteiger partial charge in [-0.05, 0) is 69.9 Å². The maximum atomic E-state index is 5.89. The first-order valence-corrected chi connectivity index (χ1v) is 7.33. The third kappa shape index (κ3) is 4.87. The average molecular weight is 269 g/mol. The van der Waals surface area contributed by atoms with Gasteiger partial charge in [0.2, 0.25) is 0 Å². The summed E-state index contributed by atoms with van der Waals surface area (Å²) in [5, 5.41) is 0.738. The highest BCUT2D eigenvalue weighted by atomic mass is 35.5. The smallest absolute Gasteiger partial charge is 0.494 e. The van der Waals surface area contributed by atoms with Gasteiger partial charge in [0.15, 0.2) is 0 Å². The third-order valence-electron chi connectivity index (χ3n) is 3.38. The Labute approximate surface area is 116 Å². The molecule has 1 aromatic rings. The van der Waals surface area contributed by atoms with Crippen molar-refractivity contribution < 1.29 is 6.16 Å². The zero-order valence-corrected chi connectivity index (χ0v) is 11.7. The number of likely N-dealkylation sites (tertiary alicyclic amines) is 1. The van der Waals surface area contributed by atoms with Gasteiger partial charge >= 0.3 is 1.43 Å². The van der Waals surface area contributed by atoms with E-state index in [1.807, 2.05) is 24.3 Å². The topological polar surface area (TPSA) is 12.5 Å².